The SMILES string of the molecule is COc1[c]c2ccc(CO)cc2cc1.COc1[c]c2ccc(CO)cc2cc1. The Morgan fingerprint density at radius 2 is 1.07 bits per heavy atom. The molecule has 0 atom stereocenters. The summed E-state index contributed by atoms with van der Waals surface area (Å²) in [7, 11) is 3.25. The van der Waals surface area contributed by atoms with E-state index >= 15 is 0 Å². The smallest absolute Gasteiger partial charge is 0.127 e. The molecule has 4 aromatic carbocycles. The third kappa shape index (κ3) is 4.60. The van der Waals surface area contributed by atoms with Crippen molar-refractivity contribution >= 4 is 21.5 Å². The van der Waals surface area contributed by atoms with Gasteiger partial charge < -0.3 is 19.7 Å². The predicted octanol–water partition coefficient (Wildman–Crippen LogP) is 4.28. The van der Waals surface area contributed by atoms with E-state index in [0.717, 1.165) is 44.2 Å². The number of aliphatic hydroxyl groups is 2. The highest BCUT2D eigenvalue weighted by Gasteiger charge is 1.99. The average Bonchev–Trinajstić information content (AvgIpc) is 2.77. The van der Waals surface area contributed by atoms with E-state index in [1.165, 1.54) is 0 Å². The summed E-state index contributed by atoms with van der Waals surface area (Å²) in [5.41, 5.74) is 1.83. The second kappa shape index (κ2) is 9.22. The summed E-state index contributed by atoms with van der Waals surface area (Å²) in [6.07, 6.45) is 0. The third-order valence-electron chi connectivity index (χ3n) is 4.38. The van der Waals surface area contributed by atoms with Gasteiger partial charge in [-0.05, 0) is 56.9 Å². The highest BCUT2D eigenvalue weighted by molar-refractivity contribution is 5.84. The maximum absolute atomic E-state index is 8.96. The number of fused-ring (bicyclic) bond motifs is 2. The first kappa shape index (κ1) is 19.7. The molecule has 2 radical (unpaired) electrons. The van der Waals surface area contributed by atoms with Gasteiger partial charge >= 0.3 is 0 Å². The molecule has 0 bridgehead atoms. The number of rotatable bonds is 4. The minimum Gasteiger partial charge on any atom is -0.496 e. The molecule has 4 heteroatoms. The molecule has 0 aliphatic rings. The van der Waals surface area contributed by atoms with E-state index in [1.807, 2.05) is 60.7 Å². The Labute approximate surface area is 164 Å². The van der Waals surface area contributed by atoms with E-state index < -0.39 is 0 Å². The van der Waals surface area contributed by atoms with E-state index in [2.05, 4.69) is 12.1 Å². The molecule has 0 aliphatic heterocycles. The van der Waals surface area contributed by atoms with Crippen molar-refractivity contribution in [2.45, 2.75) is 13.2 Å². The van der Waals surface area contributed by atoms with Crippen LogP contribution < -0.4 is 9.47 Å². The molecule has 0 saturated heterocycles. The zero-order valence-electron chi connectivity index (χ0n) is 15.9. The normalized spacial score (nSPS) is 10.4. The Morgan fingerprint density at radius 3 is 1.43 bits per heavy atom. The fourth-order valence-corrected chi connectivity index (χ4v) is 2.84. The van der Waals surface area contributed by atoms with E-state index in [9.17, 15) is 0 Å². The molecule has 4 nitrogen and oxygen atoms in total. The van der Waals surface area contributed by atoms with Gasteiger partial charge in [0.2, 0.25) is 0 Å². The van der Waals surface area contributed by atoms with Crippen molar-refractivity contribution in [1.82, 2.24) is 0 Å². The van der Waals surface area contributed by atoms with Crippen molar-refractivity contribution in [1.29, 1.82) is 0 Å². The molecule has 0 aromatic heterocycles. The third-order valence-corrected chi connectivity index (χ3v) is 4.38. The van der Waals surface area contributed by atoms with Crippen LogP contribution in [0.3, 0.4) is 0 Å². The van der Waals surface area contributed by atoms with Crippen LogP contribution in [0.4, 0.5) is 0 Å². The van der Waals surface area contributed by atoms with Gasteiger partial charge in [0.05, 0.1) is 27.4 Å². The standard InChI is InChI=1S/2C12H11O2/c2*1-14-12-5-4-10-6-9(8-13)2-3-11(10)7-12/h2*2-6,13H,8H2,1H3. The number of hydrogen-bond acceptors (Lipinski definition) is 4. The van der Waals surface area contributed by atoms with Crippen LogP contribution in [0.1, 0.15) is 11.1 Å². The maximum Gasteiger partial charge on any atom is 0.127 e. The Balaban J connectivity index is 0.000000161. The molecule has 0 unspecified atom stereocenters. The van der Waals surface area contributed by atoms with Crippen molar-refractivity contribution in [3.8, 4) is 11.5 Å². The van der Waals surface area contributed by atoms with Gasteiger partial charge in [0.25, 0.3) is 0 Å². The van der Waals surface area contributed by atoms with Crippen molar-refractivity contribution in [3.63, 3.8) is 0 Å². The van der Waals surface area contributed by atoms with Crippen LogP contribution in [-0.4, -0.2) is 24.4 Å². The molecule has 4 aromatic rings. The first-order valence-electron chi connectivity index (χ1n) is 8.86. The van der Waals surface area contributed by atoms with Gasteiger partial charge in [0.15, 0.2) is 0 Å². The number of ether oxygens (including phenoxy) is 2. The quantitative estimate of drug-likeness (QED) is 0.560. The van der Waals surface area contributed by atoms with Gasteiger partial charge in [-0.3, -0.25) is 0 Å². The Kier molecular flexibility index (Phi) is 6.48. The Hall–Kier alpha value is -3.08. The molecule has 4 rings (SSSR count). The Morgan fingerprint density at radius 1 is 0.643 bits per heavy atom. The van der Waals surface area contributed by atoms with Crippen LogP contribution in [0.2, 0.25) is 0 Å². The lowest BCUT2D eigenvalue weighted by atomic mass is 10.1. The summed E-state index contributed by atoms with van der Waals surface area (Å²) in [4.78, 5) is 0. The molecule has 28 heavy (non-hydrogen) atoms. The lowest BCUT2D eigenvalue weighted by Gasteiger charge is -2.03. The summed E-state index contributed by atoms with van der Waals surface area (Å²) >= 11 is 0. The van der Waals surface area contributed by atoms with Gasteiger partial charge in [0.1, 0.15) is 11.5 Å². The molecular formula is C24H22O4. The van der Waals surface area contributed by atoms with Gasteiger partial charge in [-0.25, -0.2) is 0 Å². The van der Waals surface area contributed by atoms with Crippen LogP contribution in [0.5, 0.6) is 11.5 Å². The van der Waals surface area contributed by atoms with Gasteiger partial charge in [0, 0.05) is 12.1 Å². The minimum atomic E-state index is 0.0714. The molecule has 0 spiro atoms. The highest BCUT2D eigenvalue weighted by atomic mass is 16.5. The highest BCUT2D eigenvalue weighted by Crippen LogP contribution is 2.22. The monoisotopic (exact) mass is 374 g/mol. The molecular weight excluding hydrogens is 352 g/mol. The zero-order valence-corrected chi connectivity index (χ0v) is 15.9. The maximum atomic E-state index is 8.96. The number of benzene rings is 4. The number of hydrogen-bond donors (Lipinski definition) is 2. The second-order valence-corrected chi connectivity index (χ2v) is 6.21. The molecule has 0 heterocycles. The van der Waals surface area contributed by atoms with Crippen LogP contribution in [0.25, 0.3) is 21.5 Å². The summed E-state index contributed by atoms with van der Waals surface area (Å²) in [5.74, 6) is 1.46. The van der Waals surface area contributed by atoms with Crippen LogP contribution in [0, 0.1) is 12.1 Å². The predicted molar refractivity (Wildman–Crippen MR) is 111 cm³/mol. The molecule has 0 aliphatic carbocycles. The first-order valence-corrected chi connectivity index (χ1v) is 8.86. The van der Waals surface area contributed by atoms with Crippen molar-refractivity contribution < 1.29 is 19.7 Å². The topological polar surface area (TPSA) is 58.9 Å². The van der Waals surface area contributed by atoms with Crippen molar-refractivity contribution in [3.05, 3.63) is 83.9 Å². The molecule has 142 valence electrons. The van der Waals surface area contributed by atoms with E-state index in [-0.39, 0.29) is 13.2 Å². The average molecular weight is 374 g/mol. The molecule has 2 N–H and O–H groups in total. The number of methoxy groups -OCH3 is 2. The minimum absolute atomic E-state index is 0.0714. The van der Waals surface area contributed by atoms with Crippen molar-refractivity contribution in [2.24, 2.45) is 0 Å². The van der Waals surface area contributed by atoms with Crippen LogP contribution in [-0.2, 0) is 13.2 Å². The molecule has 0 fully saturated rings. The summed E-state index contributed by atoms with van der Waals surface area (Å²) in [6.45, 7) is 0.143. The fourth-order valence-electron chi connectivity index (χ4n) is 2.84. The van der Waals surface area contributed by atoms with E-state index in [0.29, 0.717) is 0 Å². The summed E-state index contributed by atoms with van der Waals surface area (Å²) < 4.78 is 10.1. The second-order valence-electron chi connectivity index (χ2n) is 6.21. The van der Waals surface area contributed by atoms with Crippen molar-refractivity contribution in [2.75, 3.05) is 14.2 Å². The lowest BCUT2D eigenvalue weighted by Crippen LogP contribution is -1.85. The summed E-state index contributed by atoms with van der Waals surface area (Å²) in [5, 5.41) is 22.1. The van der Waals surface area contributed by atoms with Crippen LogP contribution >= 0.6 is 0 Å². The Bertz CT molecular complexity index is 899. The lowest BCUT2D eigenvalue weighted by molar-refractivity contribution is 0.282. The van der Waals surface area contributed by atoms with Gasteiger partial charge in [-0.2, -0.15) is 0 Å². The van der Waals surface area contributed by atoms with Gasteiger partial charge in [-0.1, -0.05) is 36.4 Å². The fraction of sp³-hybridized carbons (Fsp3) is 0.167. The largest absolute Gasteiger partial charge is 0.496 e. The van der Waals surface area contributed by atoms with E-state index in [4.69, 9.17) is 19.7 Å². The van der Waals surface area contributed by atoms with Gasteiger partial charge in [-0.15, -0.1) is 0 Å². The summed E-state index contributed by atoms with van der Waals surface area (Å²) in [6, 6.07) is 25.4. The zero-order chi connectivity index (χ0) is 19.9. The van der Waals surface area contributed by atoms with Crippen LogP contribution in [0.15, 0.2) is 60.7 Å². The van der Waals surface area contributed by atoms with E-state index in [1.54, 1.807) is 14.2 Å². The number of aliphatic hydroxyl groups excluding tert-OH is 2. The molecule has 0 amide bonds. The first-order chi connectivity index (χ1) is 13.7. The molecule has 0 saturated carbocycles.